The first-order chi connectivity index (χ1) is 9.87. The summed E-state index contributed by atoms with van der Waals surface area (Å²) < 4.78 is 27.1. The summed E-state index contributed by atoms with van der Waals surface area (Å²) >= 11 is 0. The van der Waals surface area contributed by atoms with Gasteiger partial charge in [-0.3, -0.25) is 14.2 Å². The minimum atomic E-state index is -2.57. The SMILES string of the molecule is O=C(O)Cn1ccnc(NCC2CCC(F)(F)CC2)c1=O. The van der Waals surface area contributed by atoms with Crippen molar-refractivity contribution < 1.29 is 18.7 Å². The smallest absolute Gasteiger partial charge is 0.323 e. The van der Waals surface area contributed by atoms with Crippen molar-refractivity contribution in [2.24, 2.45) is 5.92 Å². The minimum absolute atomic E-state index is 0.0519. The Hall–Kier alpha value is -1.99. The summed E-state index contributed by atoms with van der Waals surface area (Å²) in [5, 5.41) is 11.5. The van der Waals surface area contributed by atoms with Crippen molar-refractivity contribution in [3.05, 3.63) is 22.7 Å². The summed E-state index contributed by atoms with van der Waals surface area (Å²) in [7, 11) is 0. The van der Waals surface area contributed by atoms with Gasteiger partial charge in [0.2, 0.25) is 5.92 Å². The Bertz CT molecular complexity index is 564. The van der Waals surface area contributed by atoms with Crippen LogP contribution in [-0.2, 0) is 11.3 Å². The molecule has 21 heavy (non-hydrogen) atoms. The van der Waals surface area contributed by atoms with Crippen molar-refractivity contribution in [3.8, 4) is 0 Å². The van der Waals surface area contributed by atoms with E-state index >= 15 is 0 Å². The number of aliphatic carboxylic acids is 1. The lowest BCUT2D eigenvalue weighted by Crippen LogP contribution is -2.31. The number of carbonyl (C=O) groups is 1. The van der Waals surface area contributed by atoms with Crippen LogP contribution < -0.4 is 10.9 Å². The van der Waals surface area contributed by atoms with Gasteiger partial charge in [-0.15, -0.1) is 0 Å². The molecule has 0 atom stereocenters. The van der Waals surface area contributed by atoms with Gasteiger partial charge in [0, 0.05) is 31.8 Å². The van der Waals surface area contributed by atoms with Crippen molar-refractivity contribution in [2.75, 3.05) is 11.9 Å². The van der Waals surface area contributed by atoms with E-state index in [-0.39, 0.29) is 24.6 Å². The van der Waals surface area contributed by atoms with E-state index < -0.39 is 24.0 Å². The number of anilines is 1. The second-order valence-electron chi connectivity index (χ2n) is 5.28. The number of nitrogens with zero attached hydrogens (tertiary/aromatic N) is 2. The number of carboxylic acid groups (broad SMARTS) is 1. The zero-order valence-electron chi connectivity index (χ0n) is 11.4. The first kappa shape index (κ1) is 15.4. The lowest BCUT2D eigenvalue weighted by molar-refractivity contribution is -0.137. The summed E-state index contributed by atoms with van der Waals surface area (Å²) in [5.74, 6) is -3.57. The largest absolute Gasteiger partial charge is 0.480 e. The molecule has 0 radical (unpaired) electrons. The number of hydrogen-bond acceptors (Lipinski definition) is 4. The summed E-state index contributed by atoms with van der Waals surface area (Å²) in [4.78, 5) is 26.4. The monoisotopic (exact) mass is 301 g/mol. The van der Waals surface area contributed by atoms with Crippen LogP contribution in [0.3, 0.4) is 0 Å². The van der Waals surface area contributed by atoms with Gasteiger partial charge in [0.25, 0.3) is 5.56 Å². The topological polar surface area (TPSA) is 84.2 Å². The highest BCUT2D eigenvalue weighted by Crippen LogP contribution is 2.35. The number of halogens is 2. The molecule has 1 aliphatic rings. The molecule has 1 aromatic rings. The average molecular weight is 301 g/mol. The molecule has 116 valence electrons. The Balaban J connectivity index is 1.95. The Kier molecular flexibility index (Phi) is 4.54. The predicted molar refractivity (Wildman–Crippen MR) is 71.5 cm³/mol. The molecule has 0 aliphatic heterocycles. The number of nitrogens with one attached hydrogen (secondary N) is 1. The van der Waals surface area contributed by atoms with Gasteiger partial charge in [-0.25, -0.2) is 13.8 Å². The number of carboxylic acids is 1. The molecule has 2 N–H and O–H groups in total. The van der Waals surface area contributed by atoms with Gasteiger partial charge in [-0.05, 0) is 18.8 Å². The summed E-state index contributed by atoms with van der Waals surface area (Å²) in [6, 6.07) is 0. The van der Waals surface area contributed by atoms with E-state index in [0.717, 1.165) is 4.57 Å². The normalized spacial score (nSPS) is 18.4. The van der Waals surface area contributed by atoms with Crippen molar-refractivity contribution >= 4 is 11.8 Å². The third-order valence-electron chi connectivity index (χ3n) is 3.61. The molecule has 0 bridgehead atoms. The van der Waals surface area contributed by atoms with E-state index in [9.17, 15) is 18.4 Å². The number of rotatable bonds is 5. The Morgan fingerprint density at radius 2 is 2.14 bits per heavy atom. The maximum atomic E-state index is 13.0. The number of aromatic nitrogens is 2. The van der Waals surface area contributed by atoms with Crippen molar-refractivity contribution in [1.29, 1.82) is 0 Å². The van der Waals surface area contributed by atoms with Crippen LogP contribution in [0.15, 0.2) is 17.2 Å². The van der Waals surface area contributed by atoms with Crippen molar-refractivity contribution in [3.63, 3.8) is 0 Å². The first-order valence-corrected chi connectivity index (χ1v) is 6.76. The Morgan fingerprint density at radius 1 is 1.48 bits per heavy atom. The fourth-order valence-electron chi connectivity index (χ4n) is 2.38. The van der Waals surface area contributed by atoms with Crippen molar-refractivity contribution in [2.45, 2.75) is 38.2 Å². The van der Waals surface area contributed by atoms with Gasteiger partial charge in [0.1, 0.15) is 6.54 Å². The maximum absolute atomic E-state index is 13.0. The fraction of sp³-hybridized carbons (Fsp3) is 0.615. The summed E-state index contributed by atoms with van der Waals surface area (Å²) in [6.07, 6.45) is 3.16. The predicted octanol–water partition coefficient (Wildman–Crippen LogP) is 1.57. The van der Waals surface area contributed by atoms with Crippen LogP contribution in [0.4, 0.5) is 14.6 Å². The quantitative estimate of drug-likeness (QED) is 0.862. The molecule has 0 amide bonds. The van der Waals surface area contributed by atoms with Gasteiger partial charge >= 0.3 is 5.97 Å². The molecule has 6 nitrogen and oxygen atoms in total. The van der Waals surface area contributed by atoms with Crippen LogP contribution in [0.25, 0.3) is 0 Å². The zero-order valence-corrected chi connectivity index (χ0v) is 11.4. The number of alkyl halides is 2. The van der Waals surface area contributed by atoms with Gasteiger partial charge < -0.3 is 10.4 Å². The molecule has 0 aromatic carbocycles. The van der Waals surface area contributed by atoms with Gasteiger partial charge in [-0.1, -0.05) is 0 Å². The second kappa shape index (κ2) is 6.19. The molecule has 8 heteroatoms. The molecule has 1 aliphatic carbocycles. The lowest BCUT2D eigenvalue weighted by Gasteiger charge is -2.28. The highest BCUT2D eigenvalue weighted by atomic mass is 19.3. The summed E-state index contributed by atoms with van der Waals surface area (Å²) in [6.45, 7) is -0.0545. The second-order valence-corrected chi connectivity index (χ2v) is 5.28. The third kappa shape index (κ3) is 4.24. The van der Waals surface area contributed by atoms with E-state index in [1.165, 1.54) is 12.4 Å². The van der Waals surface area contributed by atoms with E-state index in [1.807, 2.05) is 0 Å². The minimum Gasteiger partial charge on any atom is -0.480 e. The Labute approximate surface area is 119 Å². The molecule has 2 rings (SSSR count). The molecular formula is C13H17F2N3O3. The molecule has 1 aromatic heterocycles. The van der Waals surface area contributed by atoms with Gasteiger partial charge in [0.15, 0.2) is 5.82 Å². The molecule has 0 unspecified atom stereocenters. The maximum Gasteiger partial charge on any atom is 0.323 e. The highest BCUT2D eigenvalue weighted by molar-refractivity contribution is 5.66. The van der Waals surface area contributed by atoms with Crippen molar-refractivity contribution in [1.82, 2.24) is 9.55 Å². The fourth-order valence-corrected chi connectivity index (χ4v) is 2.38. The standard InChI is InChI=1S/C13H17F2N3O3/c14-13(15)3-1-9(2-4-13)7-17-11-12(21)18(6-5-16-11)8-10(19)20/h5-6,9H,1-4,7-8H2,(H,16,17)(H,19,20). The summed E-state index contributed by atoms with van der Waals surface area (Å²) in [5.41, 5.74) is -0.527. The van der Waals surface area contributed by atoms with Crippen LogP contribution in [0.1, 0.15) is 25.7 Å². The average Bonchev–Trinajstić information content (AvgIpc) is 2.40. The van der Waals surface area contributed by atoms with Crippen LogP contribution in [0.5, 0.6) is 0 Å². The molecule has 0 spiro atoms. The van der Waals surface area contributed by atoms with Crippen LogP contribution in [-0.4, -0.2) is 33.1 Å². The van der Waals surface area contributed by atoms with E-state index in [2.05, 4.69) is 10.3 Å². The Morgan fingerprint density at radius 3 is 2.76 bits per heavy atom. The molecule has 1 saturated carbocycles. The third-order valence-corrected chi connectivity index (χ3v) is 3.61. The van der Waals surface area contributed by atoms with E-state index in [4.69, 9.17) is 5.11 Å². The molecule has 1 fully saturated rings. The molecular weight excluding hydrogens is 284 g/mol. The lowest BCUT2D eigenvalue weighted by atomic mass is 9.87. The van der Waals surface area contributed by atoms with Crippen LogP contribution in [0, 0.1) is 5.92 Å². The highest BCUT2D eigenvalue weighted by Gasteiger charge is 2.34. The van der Waals surface area contributed by atoms with Gasteiger partial charge in [-0.2, -0.15) is 0 Å². The van der Waals surface area contributed by atoms with Crippen LogP contribution >= 0.6 is 0 Å². The van der Waals surface area contributed by atoms with Gasteiger partial charge in [0.05, 0.1) is 0 Å². The zero-order chi connectivity index (χ0) is 15.5. The van der Waals surface area contributed by atoms with E-state index in [0.29, 0.717) is 19.4 Å². The molecule has 0 saturated heterocycles. The van der Waals surface area contributed by atoms with Crippen LogP contribution in [0.2, 0.25) is 0 Å². The number of hydrogen-bond donors (Lipinski definition) is 2. The van der Waals surface area contributed by atoms with E-state index in [1.54, 1.807) is 0 Å². The first-order valence-electron chi connectivity index (χ1n) is 6.76. The molecule has 1 heterocycles.